The Kier molecular flexibility index (Phi) is 5.61. The molecular formula is C20H30N4O2. The lowest BCUT2D eigenvalue weighted by Gasteiger charge is -2.37. The summed E-state index contributed by atoms with van der Waals surface area (Å²) >= 11 is 0. The van der Waals surface area contributed by atoms with Gasteiger partial charge in [-0.25, -0.2) is 9.97 Å². The summed E-state index contributed by atoms with van der Waals surface area (Å²) in [5.41, 5.74) is 2.15. The van der Waals surface area contributed by atoms with Crippen molar-refractivity contribution in [3.8, 4) is 0 Å². The Hall–Kier alpha value is -1.95. The fourth-order valence-corrected chi connectivity index (χ4v) is 3.88. The standard InChI is InChI=1S/C20H30N4O2/c1-4-5-6-18(26)22-16-11-20(2,3)12-17-15(16)13-21-19(23-17)24-9-7-14(25)8-10-24/h4,13-14,16,25H,1,5-12H2,2-3H3,(H,22,26)/t16-/m0/s1. The van der Waals surface area contributed by atoms with Gasteiger partial charge >= 0.3 is 0 Å². The third kappa shape index (κ3) is 4.41. The summed E-state index contributed by atoms with van der Waals surface area (Å²) in [6.45, 7) is 9.68. The molecule has 1 fully saturated rings. The van der Waals surface area contributed by atoms with Crippen LogP contribution in [0.25, 0.3) is 0 Å². The minimum atomic E-state index is -0.210. The highest BCUT2D eigenvalue weighted by Crippen LogP contribution is 2.40. The van der Waals surface area contributed by atoms with Crippen molar-refractivity contribution in [1.82, 2.24) is 15.3 Å². The summed E-state index contributed by atoms with van der Waals surface area (Å²) in [6, 6.07) is -0.0386. The lowest BCUT2D eigenvalue weighted by Crippen LogP contribution is -2.39. The molecule has 1 atom stereocenters. The van der Waals surface area contributed by atoms with Crippen molar-refractivity contribution in [2.45, 2.75) is 64.5 Å². The molecule has 0 saturated carbocycles. The number of nitrogens with one attached hydrogen (secondary N) is 1. The van der Waals surface area contributed by atoms with E-state index in [1.165, 1.54) is 0 Å². The maximum Gasteiger partial charge on any atom is 0.225 e. The van der Waals surface area contributed by atoms with Gasteiger partial charge in [-0.05, 0) is 37.5 Å². The Morgan fingerprint density at radius 3 is 2.88 bits per heavy atom. The fraction of sp³-hybridized carbons (Fsp3) is 0.650. The van der Waals surface area contributed by atoms with E-state index >= 15 is 0 Å². The van der Waals surface area contributed by atoms with Crippen molar-refractivity contribution in [3.63, 3.8) is 0 Å². The quantitative estimate of drug-likeness (QED) is 0.791. The molecule has 142 valence electrons. The molecule has 0 spiro atoms. The number of anilines is 1. The number of piperidine rings is 1. The van der Waals surface area contributed by atoms with Gasteiger partial charge < -0.3 is 15.3 Å². The zero-order chi connectivity index (χ0) is 18.7. The minimum absolute atomic E-state index is 0.0386. The maximum absolute atomic E-state index is 12.2. The number of aliphatic hydroxyl groups excluding tert-OH is 1. The molecule has 2 N–H and O–H groups in total. The number of nitrogens with zero attached hydrogens (tertiary/aromatic N) is 3. The topological polar surface area (TPSA) is 78.4 Å². The molecule has 1 saturated heterocycles. The van der Waals surface area contributed by atoms with Gasteiger partial charge in [0.05, 0.1) is 17.8 Å². The third-order valence-electron chi connectivity index (χ3n) is 5.32. The molecule has 2 aliphatic rings. The molecule has 6 heteroatoms. The predicted octanol–water partition coefficient (Wildman–Crippen LogP) is 2.53. The monoisotopic (exact) mass is 358 g/mol. The Morgan fingerprint density at radius 2 is 2.19 bits per heavy atom. The zero-order valence-corrected chi connectivity index (χ0v) is 15.9. The second-order valence-electron chi connectivity index (χ2n) is 8.28. The zero-order valence-electron chi connectivity index (χ0n) is 15.9. The van der Waals surface area contributed by atoms with Crippen LogP contribution < -0.4 is 10.2 Å². The average Bonchev–Trinajstić information content (AvgIpc) is 2.59. The molecule has 0 aromatic carbocycles. The third-order valence-corrected chi connectivity index (χ3v) is 5.32. The highest BCUT2D eigenvalue weighted by atomic mass is 16.3. The average molecular weight is 358 g/mol. The van der Waals surface area contributed by atoms with Crippen LogP contribution >= 0.6 is 0 Å². The molecule has 26 heavy (non-hydrogen) atoms. The number of hydrogen-bond donors (Lipinski definition) is 2. The highest BCUT2D eigenvalue weighted by molar-refractivity contribution is 5.76. The summed E-state index contributed by atoms with van der Waals surface area (Å²) in [5, 5.41) is 12.9. The first kappa shape index (κ1) is 18.8. The predicted molar refractivity (Wildman–Crippen MR) is 102 cm³/mol. The molecular weight excluding hydrogens is 328 g/mol. The van der Waals surface area contributed by atoms with Crippen LogP contribution in [0.1, 0.15) is 63.3 Å². The van der Waals surface area contributed by atoms with E-state index in [0.717, 1.165) is 56.0 Å². The highest BCUT2D eigenvalue weighted by Gasteiger charge is 2.35. The molecule has 1 amide bonds. The molecule has 6 nitrogen and oxygen atoms in total. The summed E-state index contributed by atoms with van der Waals surface area (Å²) in [4.78, 5) is 23.8. The number of carbonyl (C=O) groups excluding carboxylic acids is 1. The van der Waals surface area contributed by atoms with Gasteiger partial charge in [0.2, 0.25) is 11.9 Å². The van der Waals surface area contributed by atoms with Crippen molar-refractivity contribution in [3.05, 3.63) is 30.1 Å². The van der Waals surface area contributed by atoms with Crippen molar-refractivity contribution in [2.75, 3.05) is 18.0 Å². The van der Waals surface area contributed by atoms with Crippen LogP contribution in [-0.2, 0) is 11.2 Å². The molecule has 1 aromatic rings. The molecule has 0 unspecified atom stereocenters. The minimum Gasteiger partial charge on any atom is -0.393 e. The normalized spacial score (nSPS) is 22.6. The van der Waals surface area contributed by atoms with Crippen LogP contribution in [0.2, 0.25) is 0 Å². The molecule has 1 aromatic heterocycles. The van der Waals surface area contributed by atoms with Crippen LogP contribution in [0, 0.1) is 5.41 Å². The van der Waals surface area contributed by atoms with Crippen LogP contribution in [0.15, 0.2) is 18.9 Å². The number of aliphatic hydroxyl groups is 1. The second kappa shape index (κ2) is 7.74. The lowest BCUT2D eigenvalue weighted by molar-refractivity contribution is -0.122. The van der Waals surface area contributed by atoms with E-state index in [9.17, 15) is 9.90 Å². The van der Waals surface area contributed by atoms with Gasteiger partial charge in [-0.3, -0.25) is 4.79 Å². The van der Waals surface area contributed by atoms with Crippen LogP contribution in [-0.4, -0.2) is 40.2 Å². The smallest absolute Gasteiger partial charge is 0.225 e. The van der Waals surface area contributed by atoms with E-state index in [1.807, 2.05) is 6.20 Å². The van der Waals surface area contributed by atoms with Gasteiger partial charge in [0.15, 0.2) is 0 Å². The van der Waals surface area contributed by atoms with E-state index in [-0.39, 0.29) is 23.5 Å². The van der Waals surface area contributed by atoms with Crippen molar-refractivity contribution in [2.24, 2.45) is 5.41 Å². The Morgan fingerprint density at radius 1 is 1.46 bits per heavy atom. The Bertz CT molecular complexity index is 666. The number of hydrogen-bond acceptors (Lipinski definition) is 5. The van der Waals surface area contributed by atoms with E-state index in [2.05, 4.69) is 35.6 Å². The van der Waals surface area contributed by atoms with Gasteiger partial charge in [-0.1, -0.05) is 19.9 Å². The van der Waals surface area contributed by atoms with Crippen LogP contribution in [0.5, 0.6) is 0 Å². The first-order valence-electron chi connectivity index (χ1n) is 9.57. The number of fused-ring (bicyclic) bond motifs is 1. The number of amides is 1. The Balaban J connectivity index is 1.79. The molecule has 1 aliphatic heterocycles. The SMILES string of the molecule is C=CCCC(=O)N[C@H]1CC(C)(C)Cc2nc(N3CCC(O)CC3)ncc21. The van der Waals surface area contributed by atoms with Gasteiger partial charge in [0, 0.05) is 31.3 Å². The first-order valence-corrected chi connectivity index (χ1v) is 9.57. The van der Waals surface area contributed by atoms with Crippen molar-refractivity contribution >= 4 is 11.9 Å². The van der Waals surface area contributed by atoms with Gasteiger partial charge in [0.1, 0.15) is 0 Å². The van der Waals surface area contributed by atoms with Crippen molar-refractivity contribution in [1.29, 1.82) is 0 Å². The summed E-state index contributed by atoms with van der Waals surface area (Å²) in [6.07, 6.45) is 7.88. The molecule has 3 rings (SSSR count). The molecule has 1 aliphatic carbocycles. The van der Waals surface area contributed by atoms with E-state index < -0.39 is 0 Å². The number of carbonyl (C=O) groups is 1. The first-order chi connectivity index (χ1) is 12.4. The lowest BCUT2D eigenvalue weighted by atomic mass is 9.74. The van der Waals surface area contributed by atoms with E-state index in [1.54, 1.807) is 6.08 Å². The fourth-order valence-electron chi connectivity index (χ4n) is 3.88. The van der Waals surface area contributed by atoms with E-state index in [0.29, 0.717) is 12.8 Å². The molecule has 2 heterocycles. The number of aromatic nitrogens is 2. The van der Waals surface area contributed by atoms with Gasteiger partial charge in [-0.15, -0.1) is 6.58 Å². The summed E-state index contributed by atoms with van der Waals surface area (Å²) in [7, 11) is 0. The van der Waals surface area contributed by atoms with Crippen LogP contribution in [0.4, 0.5) is 5.95 Å². The van der Waals surface area contributed by atoms with E-state index in [4.69, 9.17) is 4.98 Å². The maximum atomic E-state index is 12.2. The molecule has 0 radical (unpaired) electrons. The summed E-state index contributed by atoms with van der Waals surface area (Å²) in [5.74, 6) is 0.790. The second-order valence-corrected chi connectivity index (χ2v) is 8.28. The molecule has 0 bridgehead atoms. The van der Waals surface area contributed by atoms with Crippen molar-refractivity contribution < 1.29 is 9.90 Å². The Labute approximate surface area is 155 Å². The largest absolute Gasteiger partial charge is 0.393 e. The summed E-state index contributed by atoms with van der Waals surface area (Å²) < 4.78 is 0. The van der Waals surface area contributed by atoms with Crippen LogP contribution in [0.3, 0.4) is 0 Å². The van der Waals surface area contributed by atoms with Gasteiger partial charge in [0.25, 0.3) is 0 Å². The number of allylic oxidation sites excluding steroid dienone is 1. The number of rotatable bonds is 5. The van der Waals surface area contributed by atoms with Gasteiger partial charge in [-0.2, -0.15) is 0 Å².